The summed E-state index contributed by atoms with van der Waals surface area (Å²) in [5.41, 5.74) is 3.35. The van der Waals surface area contributed by atoms with Gasteiger partial charge in [-0.3, -0.25) is 9.80 Å². The molecule has 1 heterocycles. The molecular formula is C30H40Cl2N2O2-2. The summed E-state index contributed by atoms with van der Waals surface area (Å²) in [5.74, 6) is 3.80. The van der Waals surface area contributed by atoms with Crippen molar-refractivity contribution in [3.05, 3.63) is 65.7 Å². The molecule has 6 heteroatoms. The Morgan fingerprint density at radius 1 is 0.778 bits per heavy atom. The van der Waals surface area contributed by atoms with E-state index in [1.54, 1.807) is 0 Å². The summed E-state index contributed by atoms with van der Waals surface area (Å²) in [6.45, 7) is 6.17. The molecule has 5 aliphatic rings. The summed E-state index contributed by atoms with van der Waals surface area (Å²) in [5, 5.41) is 10.6. The fourth-order valence-corrected chi connectivity index (χ4v) is 7.88. The van der Waals surface area contributed by atoms with Crippen LogP contribution in [-0.4, -0.2) is 60.3 Å². The molecule has 0 amide bonds. The Labute approximate surface area is 229 Å². The molecule has 1 N–H and O–H groups in total. The van der Waals surface area contributed by atoms with Crippen LogP contribution in [0.3, 0.4) is 0 Å². The first-order valence-corrected chi connectivity index (χ1v) is 13.5. The minimum atomic E-state index is -0.455. The lowest BCUT2D eigenvalue weighted by Crippen LogP contribution is -3.00. The Kier molecular flexibility index (Phi) is 9.28. The Balaban J connectivity index is 0.00000152. The van der Waals surface area contributed by atoms with Crippen LogP contribution in [0, 0.1) is 17.8 Å². The zero-order chi connectivity index (χ0) is 23.0. The molecular weight excluding hydrogens is 491 g/mol. The van der Waals surface area contributed by atoms with Crippen molar-refractivity contribution in [3.8, 4) is 5.75 Å². The van der Waals surface area contributed by atoms with Crippen molar-refractivity contribution in [2.24, 2.45) is 17.8 Å². The molecule has 5 fully saturated rings. The van der Waals surface area contributed by atoms with Gasteiger partial charge in [0, 0.05) is 39.3 Å². The number of hydrogen-bond donors (Lipinski definition) is 1. The quantitative estimate of drug-likeness (QED) is 0.461. The first-order chi connectivity index (χ1) is 16.6. The molecule has 1 atom stereocenters. The van der Waals surface area contributed by atoms with E-state index in [0.717, 1.165) is 56.2 Å². The summed E-state index contributed by atoms with van der Waals surface area (Å²) in [6, 6.07) is 19.6. The van der Waals surface area contributed by atoms with Crippen LogP contribution in [0.2, 0.25) is 0 Å². The van der Waals surface area contributed by atoms with E-state index < -0.39 is 6.10 Å². The first kappa shape index (κ1) is 27.7. The average molecular weight is 532 g/mol. The van der Waals surface area contributed by atoms with Crippen molar-refractivity contribution in [2.75, 3.05) is 39.3 Å². The van der Waals surface area contributed by atoms with Gasteiger partial charge in [0.15, 0.2) is 0 Å². The second-order valence-corrected chi connectivity index (χ2v) is 11.7. The molecule has 2 aromatic rings. The van der Waals surface area contributed by atoms with E-state index >= 15 is 0 Å². The molecule has 7 rings (SSSR count). The number of benzene rings is 2. The smallest absolute Gasteiger partial charge is 0.119 e. The zero-order valence-corrected chi connectivity index (χ0v) is 22.7. The summed E-state index contributed by atoms with van der Waals surface area (Å²) in [7, 11) is 0. The highest BCUT2D eigenvalue weighted by atomic mass is 35.5. The van der Waals surface area contributed by atoms with Crippen LogP contribution in [0.25, 0.3) is 0 Å². The number of ether oxygens (including phenoxy) is 1. The topological polar surface area (TPSA) is 35.9 Å². The van der Waals surface area contributed by atoms with Crippen LogP contribution in [0.1, 0.15) is 49.7 Å². The van der Waals surface area contributed by atoms with Crippen molar-refractivity contribution >= 4 is 0 Å². The Morgan fingerprint density at radius 2 is 1.33 bits per heavy atom. The fraction of sp³-hybridized carbons (Fsp3) is 0.600. The molecule has 4 bridgehead atoms. The van der Waals surface area contributed by atoms with Crippen LogP contribution in [0.5, 0.6) is 5.75 Å². The molecule has 0 spiro atoms. The summed E-state index contributed by atoms with van der Waals surface area (Å²) in [4.78, 5) is 4.87. The molecule has 2 aromatic carbocycles. The van der Waals surface area contributed by atoms with Gasteiger partial charge in [0.05, 0.1) is 0 Å². The van der Waals surface area contributed by atoms with Crippen molar-refractivity contribution in [1.29, 1.82) is 0 Å². The lowest BCUT2D eigenvalue weighted by atomic mass is 9.48. The molecule has 1 unspecified atom stereocenters. The maximum absolute atomic E-state index is 10.6. The minimum Gasteiger partial charge on any atom is -1.00 e. The molecule has 4 saturated carbocycles. The predicted octanol–water partition coefficient (Wildman–Crippen LogP) is -1.28. The number of halogens is 2. The fourth-order valence-electron chi connectivity index (χ4n) is 7.88. The normalized spacial score (nSPS) is 30.3. The van der Waals surface area contributed by atoms with Crippen LogP contribution >= 0.6 is 0 Å². The monoisotopic (exact) mass is 530 g/mol. The number of aliphatic hydroxyl groups excluding tert-OH is 1. The molecule has 0 aromatic heterocycles. The Bertz CT molecular complexity index is 912. The van der Waals surface area contributed by atoms with E-state index in [1.165, 1.54) is 49.7 Å². The molecule has 36 heavy (non-hydrogen) atoms. The van der Waals surface area contributed by atoms with Gasteiger partial charge in [-0.1, -0.05) is 42.5 Å². The standard InChI is InChI=1S/C30H40N2O2.2ClH/c33-28(21-32-12-10-31(11-13-32)20-23-4-2-1-3-5-23)22-34-29-8-6-27(7-9-29)30-17-24-14-25(18-30)16-26(15-24)19-30;;/h1-9,24-26,28,33H,10-22H2;2*1H/p-2. The zero-order valence-electron chi connectivity index (χ0n) is 21.2. The van der Waals surface area contributed by atoms with Gasteiger partial charge >= 0.3 is 0 Å². The predicted molar refractivity (Wildman–Crippen MR) is 136 cm³/mol. The van der Waals surface area contributed by atoms with Gasteiger partial charge < -0.3 is 34.7 Å². The molecule has 1 aliphatic heterocycles. The van der Waals surface area contributed by atoms with Gasteiger partial charge in [-0.25, -0.2) is 0 Å². The lowest BCUT2D eigenvalue weighted by molar-refractivity contribution is -0.00526. The highest BCUT2D eigenvalue weighted by Crippen LogP contribution is 2.60. The third-order valence-electron chi connectivity index (χ3n) is 9.13. The largest absolute Gasteiger partial charge is 1.00 e. The summed E-state index contributed by atoms with van der Waals surface area (Å²) < 4.78 is 6.00. The van der Waals surface area contributed by atoms with Gasteiger partial charge in [0.1, 0.15) is 18.5 Å². The summed E-state index contributed by atoms with van der Waals surface area (Å²) in [6.07, 6.45) is 8.20. The van der Waals surface area contributed by atoms with Crippen molar-refractivity contribution in [2.45, 2.75) is 56.6 Å². The minimum absolute atomic E-state index is 0. The van der Waals surface area contributed by atoms with E-state index in [0.29, 0.717) is 18.6 Å². The average Bonchev–Trinajstić information content (AvgIpc) is 2.84. The first-order valence-electron chi connectivity index (χ1n) is 13.5. The SMILES string of the molecule is OC(COc1ccc(C23CC4CC(CC(C4)C2)C3)cc1)CN1CCN(Cc2ccccc2)CC1.[Cl-].[Cl-]. The number of rotatable bonds is 8. The third-order valence-corrected chi connectivity index (χ3v) is 9.13. The highest BCUT2D eigenvalue weighted by molar-refractivity contribution is 5.34. The van der Waals surface area contributed by atoms with E-state index in [-0.39, 0.29) is 24.8 Å². The Morgan fingerprint density at radius 3 is 1.92 bits per heavy atom. The van der Waals surface area contributed by atoms with Gasteiger partial charge in [0.2, 0.25) is 0 Å². The molecule has 1 saturated heterocycles. The molecule has 4 nitrogen and oxygen atoms in total. The number of piperazine rings is 1. The number of aliphatic hydroxyl groups is 1. The van der Waals surface area contributed by atoms with E-state index in [2.05, 4.69) is 64.4 Å². The van der Waals surface area contributed by atoms with Gasteiger partial charge in [-0.15, -0.1) is 0 Å². The molecule has 198 valence electrons. The number of hydrogen-bond acceptors (Lipinski definition) is 4. The number of β-amino-alcohol motifs (C(OH)–C–C–N with tert-alkyl or cyclic N) is 1. The summed E-state index contributed by atoms with van der Waals surface area (Å²) >= 11 is 0. The number of nitrogens with zero attached hydrogens (tertiary/aromatic N) is 2. The van der Waals surface area contributed by atoms with E-state index in [4.69, 9.17) is 4.74 Å². The van der Waals surface area contributed by atoms with Crippen LogP contribution in [0.4, 0.5) is 0 Å². The highest BCUT2D eigenvalue weighted by Gasteiger charge is 2.51. The maximum atomic E-state index is 10.6. The third kappa shape index (κ3) is 6.22. The van der Waals surface area contributed by atoms with E-state index in [1.807, 2.05) is 0 Å². The van der Waals surface area contributed by atoms with Crippen LogP contribution in [-0.2, 0) is 12.0 Å². The second kappa shape index (κ2) is 12.0. The Hall–Kier alpha value is -1.30. The van der Waals surface area contributed by atoms with E-state index in [9.17, 15) is 5.11 Å². The van der Waals surface area contributed by atoms with Crippen molar-refractivity contribution in [3.63, 3.8) is 0 Å². The van der Waals surface area contributed by atoms with Gasteiger partial charge in [-0.05, 0) is 85.0 Å². The molecule has 0 radical (unpaired) electrons. The lowest BCUT2D eigenvalue weighted by Gasteiger charge is -2.57. The van der Waals surface area contributed by atoms with Gasteiger partial charge in [-0.2, -0.15) is 0 Å². The van der Waals surface area contributed by atoms with Crippen molar-refractivity contribution in [1.82, 2.24) is 9.80 Å². The van der Waals surface area contributed by atoms with Crippen LogP contribution in [0.15, 0.2) is 54.6 Å². The van der Waals surface area contributed by atoms with Gasteiger partial charge in [0.25, 0.3) is 0 Å². The van der Waals surface area contributed by atoms with Crippen molar-refractivity contribution < 1.29 is 34.7 Å². The molecule has 4 aliphatic carbocycles. The van der Waals surface area contributed by atoms with Crippen LogP contribution < -0.4 is 29.6 Å². The maximum Gasteiger partial charge on any atom is 0.119 e. The second-order valence-electron chi connectivity index (χ2n) is 11.7.